The molecule has 1 atom stereocenters. The monoisotopic (exact) mass is 260 g/mol. The van der Waals surface area contributed by atoms with Crippen molar-refractivity contribution in [1.29, 1.82) is 0 Å². The standard InChI is InChI=1S/C15H24N4/c1-12(10-19-8-4-5-9-19)18-15-13-6-2-3-7-14(13)16-11-17-15/h11-12H,2-10H2,1H3,(H,16,17,18). The highest BCUT2D eigenvalue weighted by atomic mass is 15.2. The van der Waals surface area contributed by atoms with E-state index in [9.17, 15) is 0 Å². The van der Waals surface area contributed by atoms with Gasteiger partial charge in [0, 0.05) is 23.8 Å². The van der Waals surface area contributed by atoms with E-state index in [1.807, 2.05) is 0 Å². The van der Waals surface area contributed by atoms with Crippen molar-refractivity contribution < 1.29 is 0 Å². The van der Waals surface area contributed by atoms with Gasteiger partial charge in [0.05, 0.1) is 0 Å². The highest BCUT2D eigenvalue weighted by molar-refractivity contribution is 5.47. The fraction of sp³-hybridized carbons (Fsp3) is 0.733. The molecular formula is C15H24N4. The van der Waals surface area contributed by atoms with Crippen LogP contribution in [0, 0.1) is 0 Å². The number of fused-ring (bicyclic) bond motifs is 1. The molecule has 0 amide bonds. The van der Waals surface area contributed by atoms with Crippen LogP contribution in [-0.2, 0) is 12.8 Å². The normalized spacial score (nSPS) is 21.1. The minimum atomic E-state index is 0.457. The zero-order valence-electron chi connectivity index (χ0n) is 11.9. The molecule has 1 N–H and O–H groups in total. The van der Waals surface area contributed by atoms with Crippen molar-refractivity contribution in [1.82, 2.24) is 14.9 Å². The molecule has 0 spiro atoms. The van der Waals surface area contributed by atoms with Crippen LogP contribution in [0.25, 0.3) is 0 Å². The Balaban J connectivity index is 1.65. The number of likely N-dealkylation sites (tertiary alicyclic amines) is 1. The summed E-state index contributed by atoms with van der Waals surface area (Å²) >= 11 is 0. The maximum Gasteiger partial charge on any atom is 0.133 e. The van der Waals surface area contributed by atoms with Crippen molar-refractivity contribution >= 4 is 5.82 Å². The topological polar surface area (TPSA) is 41.0 Å². The molecule has 2 aliphatic rings. The summed E-state index contributed by atoms with van der Waals surface area (Å²) in [7, 11) is 0. The first-order chi connectivity index (χ1) is 9.33. The van der Waals surface area contributed by atoms with Crippen LogP contribution < -0.4 is 5.32 Å². The van der Waals surface area contributed by atoms with Crippen LogP contribution in [0.5, 0.6) is 0 Å². The average molecular weight is 260 g/mol. The van der Waals surface area contributed by atoms with Crippen LogP contribution in [0.3, 0.4) is 0 Å². The molecule has 0 bridgehead atoms. The molecule has 1 aromatic heterocycles. The van der Waals surface area contributed by atoms with Gasteiger partial charge in [0.15, 0.2) is 0 Å². The third kappa shape index (κ3) is 3.06. The van der Waals surface area contributed by atoms with Crippen LogP contribution in [0.2, 0.25) is 0 Å². The molecule has 3 rings (SSSR count). The lowest BCUT2D eigenvalue weighted by Crippen LogP contribution is -2.33. The lowest BCUT2D eigenvalue weighted by atomic mass is 9.96. The van der Waals surface area contributed by atoms with Gasteiger partial charge < -0.3 is 10.2 Å². The van der Waals surface area contributed by atoms with Gasteiger partial charge in [-0.15, -0.1) is 0 Å². The summed E-state index contributed by atoms with van der Waals surface area (Å²) in [6.45, 7) is 5.90. The highest BCUT2D eigenvalue weighted by Gasteiger charge is 2.18. The Bertz CT molecular complexity index is 426. The van der Waals surface area contributed by atoms with Gasteiger partial charge in [-0.3, -0.25) is 0 Å². The fourth-order valence-electron chi connectivity index (χ4n) is 3.28. The molecule has 1 fully saturated rings. The van der Waals surface area contributed by atoms with E-state index in [-0.39, 0.29) is 0 Å². The van der Waals surface area contributed by atoms with Crippen molar-refractivity contribution in [2.24, 2.45) is 0 Å². The number of hydrogen-bond acceptors (Lipinski definition) is 4. The number of aryl methyl sites for hydroxylation is 1. The van der Waals surface area contributed by atoms with Crippen LogP contribution in [0.4, 0.5) is 5.82 Å². The Morgan fingerprint density at radius 2 is 1.95 bits per heavy atom. The predicted octanol–water partition coefficient (Wildman–Crippen LogP) is 2.25. The molecule has 0 saturated carbocycles. The zero-order chi connectivity index (χ0) is 13.1. The zero-order valence-corrected chi connectivity index (χ0v) is 11.9. The molecule has 1 aliphatic heterocycles. The van der Waals surface area contributed by atoms with Crippen molar-refractivity contribution in [2.45, 2.75) is 51.5 Å². The SMILES string of the molecule is CC(CN1CCCC1)Nc1ncnc2c1CCCC2. The van der Waals surface area contributed by atoms with E-state index in [2.05, 4.69) is 27.1 Å². The summed E-state index contributed by atoms with van der Waals surface area (Å²) in [5.74, 6) is 1.08. The smallest absolute Gasteiger partial charge is 0.133 e. The second-order valence-electron chi connectivity index (χ2n) is 5.91. The number of aromatic nitrogens is 2. The summed E-state index contributed by atoms with van der Waals surface area (Å²) in [4.78, 5) is 11.4. The van der Waals surface area contributed by atoms with Crippen molar-refractivity contribution in [3.63, 3.8) is 0 Å². The summed E-state index contributed by atoms with van der Waals surface area (Å²) < 4.78 is 0. The minimum Gasteiger partial charge on any atom is -0.366 e. The van der Waals surface area contributed by atoms with Crippen LogP contribution >= 0.6 is 0 Å². The molecule has 0 aromatic carbocycles. The molecule has 1 aliphatic carbocycles. The third-order valence-corrected chi connectivity index (χ3v) is 4.24. The third-order valence-electron chi connectivity index (χ3n) is 4.24. The number of hydrogen-bond donors (Lipinski definition) is 1. The Morgan fingerprint density at radius 1 is 1.16 bits per heavy atom. The molecular weight excluding hydrogens is 236 g/mol. The van der Waals surface area contributed by atoms with E-state index in [1.165, 1.54) is 50.0 Å². The van der Waals surface area contributed by atoms with Gasteiger partial charge in [-0.2, -0.15) is 0 Å². The summed E-state index contributed by atoms with van der Waals surface area (Å²) in [6.07, 6.45) is 9.23. The minimum absolute atomic E-state index is 0.457. The van der Waals surface area contributed by atoms with Crippen LogP contribution in [0.1, 0.15) is 43.9 Å². The first kappa shape index (κ1) is 12.9. The molecule has 4 nitrogen and oxygen atoms in total. The van der Waals surface area contributed by atoms with Gasteiger partial charge in [0.1, 0.15) is 12.1 Å². The van der Waals surface area contributed by atoms with Crippen LogP contribution in [0.15, 0.2) is 6.33 Å². The molecule has 104 valence electrons. The largest absolute Gasteiger partial charge is 0.366 e. The number of rotatable bonds is 4. The number of nitrogens with one attached hydrogen (secondary N) is 1. The molecule has 4 heteroatoms. The second kappa shape index (κ2) is 5.87. The van der Waals surface area contributed by atoms with Gasteiger partial charge >= 0.3 is 0 Å². The van der Waals surface area contributed by atoms with Crippen molar-refractivity contribution in [2.75, 3.05) is 25.0 Å². The summed E-state index contributed by atoms with van der Waals surface area (Å²) in [5, 5.41) is 3.60. The predicted molar refractivity (Wildman–Crippen MR) is 77.4 cm³/mol. The van der Waals surface area contributed by atoms with Crippen molar-refractivity contribution in [3.05, 3.63) is 17.6 Å². The lowest BCUT2D eigenvalue weighted by molar-refractivity contribution is 0.327. The lowest BCUT2D eigenvalue weighted by Gasteiger charge is -2.24. The molecule has 19 heavy (non-hydrogen) atoms. The van der Waals surface area contributed by atoms with Crippen LogP contribution in [-0.4, -0.2) is 40.5 Å². The van der Waals surface area contributed by atoms with Gasteiger partial charge in [-0.05, 0) is 58.5 Å². The molecule has 0 radical (unpaired) electrons. The second-order valence-corrected chi connectivity index (χ2v) is 5.91. The molecule has 2 heterocycles. The maximum absolute atomic E-state index is 4.47. The van der Waals surface area contributed by atoms with E-state index >= 15 is 0 Å². The Kier molecular flexibility index (Phi) is 3.97. The summed E-state index contributed by atoms with van der Waals surface area (Å²) in [6, 6.07) is 0.457. The Labute approximate surface area is 115 Å². The maximum atomic E-state index is 4.47. The first-order valence-electron chi connectivity index (χ1n) is 7.64. The highest BCUT2D eigenvalue weighted by Crippen LogP contribution is 2.24. The molecule has 1 aromatic rings. The van der Waals surface area contributed by atoms with E-state index in [0.29, 0.717) is 6.04 Å². The van der Waals surface area contributed by atoms with Gasteiger partial charge in [0.2, 0.25) is 0 Å². The van der Waals surface area contributed by atoms with Gasteiger partial charge in [-0.1, -0.05) is 0 Å². The van der Waals surface area contributed by atoms with E-state index in [1.54, 1.807) is 6.33 Å². The van der Waals surface area contributed by atoms with E-state index in [0.717, 1.165) is 25.2 Å². The molecule has 1 unspecified atom stereocenters. The van der Waals surface area contributed by atoms with Gasteiger partial charge in [-0.25, -0.2) is 9.97 Å². The molecule has 1 saturated heterocycles. The quantitative estimate of drug-likeness (QED) is 0.901. The number of anilines is 1. The Hall–Kier alpha value is -1.16. The Morgan fingerprint density at radius 3 is 2.79 bits per heavy atom. The van der Waals surface area contributed by atoms with E-state index < -0.39 is 0 Å². The van der Waals surface area contributed by atoms with E-state index in [4.69, 9.17) is 0 Å². The van der Waals surface area contributed by atoms with Gasteiger partial charge in [0.25, 0.3) is 0 Å². The fourth-order valence-corrected chi connectivity index (χ4v) is 3.28. The number of nitrogens with zero attached hydrogens (tertiary/aromatic N) is 3. The summed E-state index contributed by atoms with van der Waals surface area (Å²) in [5.41, 5.74) is 2.62. The first-order valence-corrected chi connectivity index (χ1v) is 7.64. The average Bonchev–Trinajstić information content (AvgIpc) is 2.92. The van der Waals surface area contributed by atoms with Crippen molar-refractivity contribution in [3.8, 4) is 0 Å².